The molecule has 21 heteroatoms. The van der Waals surface area contributed by atoms with Crippen LogP contribution in [0.2, 0.25) is 0 Å². The number of phenols is 2. The van der Waals surface area contributed by atoms with Gasteiger partial charge in [0.25, 0.3) is 11.4 Å². The fourth-order valence-electron chi connectivity index (χ4n) is 5.29. The van der Waals surface area contributed by atoms with Gasteiger partial charge in [0.1, 0.15) is 43.1 Å². The third-order valence-electron chi connectivity index (χ3n) is 7.78. The van der Waals surface area contributed by atoms with Crippen molar-refractivity contribution in [1.82, 2.24) is 0 Å². The van der Waals surface area contributed by atoms with E-state index in [1.807, 2.05) is 0 Å². The predicted octanol–water partition coefficient (Wildman–Crippen LogP) is 7.78. The Balaban J connectivity index is 0.000000240. The standard InChI is InChI=1S/2C17H13N3O6S.Ba/c2*1-10-4-2-6-12(20(22)23)16(10)18-19-17-13(21)9-8-11-5-3-7-14(15(11)17)27(24,25)26;/h2*2-9,21H,1H3,(H,24,25,26);/q;;+2/p-2. The first-order chi connectivity index (χ1) is 25.4. The van der Waals surface area contributed by atoms with E-state index in [0.717, 1.165) is 12.1 Å². The molecule has 0 fully saturated rings. The van der Waals surface area contributed by atoms with Crippen molar-refractivity contribution >= 4 is 125 Å². The van der Waals surface area contributed by atoms with Gasteiger partial charge < -0.3 is 19.3 Å². The Morgan fingerprint density at radius 3 is 1.16 bits per heavy atom. The third kappa shape index (κ3) is 9.38. The van der Waals surface area contributed by atoms with Crippen LogP contribution in [-0.2, 0) is 20.2 Å². The van der Waals surface area contributed by atoms with Gasteiger partial charge in [-0.15, -0.1) is 20.5 Å². The molecular formula is C34H24BaN6O12S2. The summed E-state index contributed by atoms with van der Waals surface area (Å²) in [6, 6.07) is 22.1. The van der Waals surface area contributed by atoms with Crippen LogP contribution in [0, 0.1) is 34.1 Å². The van der Waals surface area contributed by atoms with E-state index in [1.54, 1.807) is 38.1 Å². The van der Waals surface area contributed by atoms with E-state index in [0.29, 0.717) is 21.9 Å². The number of azo groups is 2. The third-order valence-corrected chi connectivity index (χ3v) is 9.54. The summed E-state index contributed by atoms with van der Waals surface area (Å²) in [5, 5.41) is 58.5. The summed E-state index contributed by atoms with van der Waals surface area (Å²) in [4.78, 5) is 20.0. The number of hydrogen-bond donors (Lipinski definition) is 2. The minimum atomic E-state index is -4.85. The second-order valence-electron chi connectivity index (χ2n) is 11.3. The van der Waals surface area contributed by atoms with E-state index in [4.69, 9.17) is 0 Å². The molecule has 0 radical (unpaired) electrons. The normalized spacial score (nSPS) is 11.7. The van der Waals surface area contributed by atoms with Crippen LogP contribution >= 0.6 is 0 Å². The van der Waals surface area contributed by atoms with E-state index >= 15 is 0 Å². The Bertz CT molecular complexity index is 2610. The molecule has 6 aromatic rings. The molecule has 6 aromatic carbocycles. The first-order valence-electron chi connectivity index (χ1n) is 15.1. The molecule has 0 bridgehead atoms. The molecule has 6 rings (SSSR count). The summed E-state index contributed by atoms with van der Waals surface area (Å²) >= 11 is 0. The molecule has 2 N–H and O–H groups in total. The van der Waals surface area contributed by atoms with Gasteiger partial charge in [-0.3, -0.25) is 20.2 Å². The molecule has 18 nitrogen and oxygen atoms in total. The number of hydrogen-bond acceptors (Lipinski definition) is 16. The maximum absolute atomic E-state index is 11.6. The molecule has 0 aromatic heterocycles. The minimum Gasteiger partial charge on any atom is -0.744 e. The fourth-order valence-corrected chi connectivity index (χ4v) is 6.71. The van der Waals surface area contributed by atoms with Crippen LogP contribution in [-0.4, -0.2) is 94.9 Å². The number of benzene rings is 6. The molecule has 0 aliphatic carbocycles. The summed E-state index contributed by atoms with van der Waals surface area (Å²) in [6.07, 6.45) is 0. The molecule has 0 atom stereocenters. The van der Waals surface area contributed by atoms with Gasteiger partial charge in [0.15, 0.2) is 11.4 Å². The zero-order valence-corrected chi connectivity index (χ0v) is 34.5. The van der Waals surface area contributed by atoms with Crippen LogP contribution in [0.25, 0.3) is 21.5 Å². The number of nitro benzene ring substituents is 2. The van der Waals surface area contributed by atoms with Crippen molar-refractivity contribution in [2.24, 2.45) is 20.5 Å². The van der Waals surface area contributed by atoms with Crippen molar-refractivity contribution in [1.29, 1.82) is 0 Å². The van der Waals surface area contributed by atoms with Gasteiger partial charge in [-0.2, -0.15) is 0 Å². The zero-order valence-electron chi connectivity index (χ0n) is 28.4. The minimum absolute atomic E-state index is 0. The molecule has 0 saturated carbocycles. The van der Waals surface area contributed by atoms with E-state index in [2.05, 4.69) is 20.5 Å². The van der Waals surface area contributed by atoms with Crippen molar-refractivity contribution in [3.63, 3.8) is 0 Å². The number of nitrogens with zero attached hydrogens (tertiary/aromatic N) is 6. The largest absolute Gasteiger partial charge is 2.00 e. The monoisotopic (exact) mass is 910 g/mol. The van der Waals surface area contributed by atoms with Crippen LogP contribution in [0.3, 0.4) is 0 Å². The Morgan fingerprint density at radius 2 is 0.836 bits per heavy atom. The van der Waals surface area contributed by atoms with Crippen LogP contribution in [0.1, 0.15) is 11.1 Å². The maximum Gasteiger partial charge on any atom is 2.00 e. The SMILES string of the molecule is Cc1cccc([N+](=O)[O-])c1N=Nc1c(O)ccc2cccc(S(=O)(=O)[O-])c12.Cc1cccc([N+](=O)[O-])c1N=Nc1c(O)ccc2cccc(S(=O)(=O)[O-])c12.[Ba+2]. The molecular weight excluding hydrogens is 886 g/mol. The van der Waals surface area contributed by atoms with Crippen LogP contribution < -0.4 is 0 Å². The molecule has 0 saturated heterocycles. The zero-order chi connectivity index (χ0) is 39.5. The molecule has 0 unspecified atom stereocenters. The van der Waals surface area contributed by atoms with Crippen molar-refractivity contribution in [2.75, 3.05) is 0 Å². The molecule has 55 heavy (non-hydrogen) atoms. The van der Waals surface area contributed by atoms with Crippen molar-refractivity contribution < 1.29 is 46.0 Å². The van der Waals surface area contributed by atoms with E-state index < -0.39 is 51.4 Å². The Kier molecular flexibility index (Phi) is 13.2. The van der Waals surface area contributed by atoms with Gasteiger partial charge in [0, 0.05) is 22.9 Å². The number of rotatable bonds is 8. The summed E-state index contributed by atoms with van der Waals surface area (Å²) in [5.41, 5.74) is -0.276. The molecule has 0 aliphatic heterocycles. The molecule has 276 valence electrons. The number of nitro groups is 2. The Labute approximate surface area is 351 Å². The maximum atomic E-state index is 11.6. The van der Waals surface area contributed by atoms with Crippen molar-refractivity contribution in [3.05, 3.63) is 128 Å². The number of aromatic hydroxyl groups is 2. The van der Waals surface area contributed by atoms with Gasteiger partial charge in [0.2, 0.25) is 0 Å². The smallest absolute Gasteiger partial charge is 0.744 e. The van der Waals surface area contributed by atoms with Crippen molar-refractivity contribution in [2.45, 2.75) is 23.6 Å². The second-order valence-corrected chi connectivity index (χ2v) is 14.0. The van der Waals surface area contributed by atoms with Crippen LogP contribution in [0.5, 0.6) is 11.5 Å². The van der Waals surface area contributed by atoms with E-state index in [1.165, 1.54) is 60.7 Å². The van der Waals surface area contributed by atoms with E-state index in [9.17, 15) is 56.4 Å². The van der Waals surface area contributed by atoms with Gasteiger partial charge in [-0.05, 0) is 60.0 Å². The van der Waals surface area contributed by atoms with Gasteiger partial charge in [-0.25, -0.2) is 16.8 Å². The van der Waals surface area contributed by atoms with Crippen molar-refractivity contribution in [3.8, 4) is 11.5 Å². The first-order valence-corrected chi connectivity index (χ1v) is 17.9. The van der Waals surface area contributed by atoms with Gasteiger partial charge in [-0.1, -0.05) is 60.7 Å². The topological polar surface area (TPSA) is 291 Å². The summed E-state index contributed by atoms with van der Waals surface area (Å²) in [5.74, 6) is -0.836. The molecule has 0 heterocycles. The molecule has 0 aliphatic rings. The van der Waals surface area contributed by atoms with E-state index in [-0.39, 0.29) is 93.8 Å². The van der Waals surface area contributed by atoms with Crippen LogP contribution in [0.4, 0.5) is 34.1 Å². The molecule has 0 amide bonds. The number of aryl methyl sites for hydroxylation is 2. The Morgan fingerprint density at radius 1 is 0.509 bits per heavy atom. The predicted molar refractivity (Wildman–Crippen MR) is 197 cm³/mol. The van der Waals surface area contributed by atoms with Gasteiger partial charge >= 0.3 is 48.9 Å². The summed E-state index contributed by atoms with van der Waals surface area (Å²) < 4.78 is 69.5. The average Bonchev–Trinajstić information content (AvgIpc) is 3.10. The Hall–Kier alpha value is -5.17. The van der Waals surface area contributed by atoms with Crippen LogP contribution in [0.15, 0.2) is 127 Å². The summed E-state index contributed by atoms with van der Waals surface area (Å²) in [6.45, 7) is 3.19. The number of fused-ring (bicyclic) bond motifs is 2. The quantitative estimate of drug-likeness (QED) is 0.0486. The number of phenolic OH excluding ortho intramolecular Hbond substituents is 2. The fraction of sp³-hybridized carbons (Fsp3) is 0.0588. The first kappa shape index (κ1) is 42.6. The van der Waals surface area contributed by atoms with Gasteiger partial charge in [0.05, 0.1) is 19.6 Å². The molecule has 0 spiro atoms. The second kappa shape index (κ2) is 17.1. The summed E-state index contributed by atoms with van der Waals surface area (Å²) in [7, 11) is -9.70. The average molecular weight is 910 g/mol.